The number of likely N-dealkylation sites (tertiary alicyclic amines) is 1. The van der Waals surface area contributed by atoms with Gasteiger partial charge in [0.25, 0.3) is 0 Å². The number of hydrogen-bond donors (Lipinski definition) is 2. The molecule has 0 aromatic heterocycles. The molecule has 1 saturated heterocycles. The van der Waals surface area contributed by atoms with Gasteiger partial charge in [-0.3, -0.25) is 4.79 Å². The summed E-state index contributed by atoms with van der Waals surface area (Å²) in [7, 11) is 3.77. The lowest BCUT2D eigenvalue weighted by molar-refractivity contribution is -0.120. The van der Waals surface area contributed by atoms with Gasteiger partial charge >= 0.3 is 0 Å². The minimum absolute atomic E-state index is 0.0492. The number of carbonyl (C=O) groups excluding carboxylic acids is 1. The van der Waals surface area contributed by atoms with Crippen LogP contribution in [0.4, 0.5) is 0 Å². The summed E-state index contributed by atoms with van der Waals surface area (Å²) in [5.74, 6) is 0.647. The summed E-state index contributed by atoms with van der Waals surface area (Å²) in [6.07, 6.45) is 1.11. The van der Waals surface area contributed by atoms with Gasteiger partial charge in [-0.05, 0) is 25.9 Å². The molecular weight excluding hydrogens is 218 g/mol. The van der Waals surface area contributed by atoms with Gasteiger partial charge < -0.3 is 20.3 Å². The predicted octanol–water partition coefficient (Wildman–Crippen LogP) is -0.321. The lowest BCUT2D eigenvalue weighted by atomic mass is 9.94. The van der Waals surface area contributed by atoms with E-state index in [9.17, 15) is 4.79 Å². The molecule has 1 fully saturated rings. The zero-order chi connectivity index (χ0) is 12.7. The third-order valence-electron chi connectivity index (χ3n) is 3.26. The Bertz CT molecular complexity index is 236. The van der Waals surface area contributed by atoms with Crippen molar-refractivity contribution in [2.45, 2.75) is 19.4 Å². The monoisotopic (exact) mass is 243 g/mol. The Hall–Kier alpha value is -0.650. The third kappa shape index (κ3) is 5.48. The van der Waals surface area contributed by atoms with E-state index in [2.05, 4.69) is 29.5 Å². The van der Waals surface area contributed by atoms with Crippen LogP contribution in [0.5, 0.6) is 0 Å². The van der Waals surface area contributed by atoms with Crippen LogP contribution in [0.15, 0.2) is 0 Å². The maximum absolute atomic E-state index is 11.5. The quantitative estimate of drug-likeness (QED) is 0.628. The van der Waals surface area contributed by atoms with E-state index >= 15 is 0 Å². The molecule has 0 aliphatic carbocycles. The smallest absolute Gasteiger partial charge is 0.234 e. The number of rotatable bonds is 6. The van der Waals surface area contributed by atoms with Crippen LogP contribution >= 0.6 is 0 Å². The predicted molar refractivity (Wildman–Crippen MR) is 68.0 cm³/mol. The maximum atomic E-state index is 11.5. The lowest BCUT2D eigenvalue weighted by Gasteiger charge is -2.35. The first-order chi connectivity index (χ1) is 8.13. The van der Waals surface area contributed by atoms with E-state index < -0.39 is 0 Å². The molecule has 0 spiro atoms. The molecule has 2 atom stereocenters. The average molecular weight is 243 g/mol. The Morgan fingerprint density at radius 3 is 2.94 bits per heavy atom. The highest BCUT2D eigenvalue weighted by Crippen LogP contribution is 2.14. The van der Waals surface area contributed by atoms with E-state index in [0.717, 1.165) is 19.5 Å². The van der Waals surface area contributed by atoms with E-state index in [1.54, 1.807) is 7.11 Å². The highest BCUT2D eigenvalue weighted by molar-refractivity contribution is 5.77. The first kappa shape index (κ1) is 14.4. The number of carbonyl (C=O) groups is 1. The van der Waals surface area contributed by atoms with Crippen molar-refractivity contribution in [1.29, 1.82) is 0 Å². The number of ether oxygens (including phenoxy) is 1. The first-order valence-corrected chi connectivity index (χ1v) is 6.31. The van der Waals surface area contributed by atoms with Crippen molar-refractivity contribution in [3.8, 4) is 0 Å². The number of hydrogen-bond acceptors (Lipinski definition) is 4. The van der Waals surface area contributed by atoms with Gasteiger partial charge in [-0.25, -0.2) is 0 Å². The number of methoxy groups -OCH3 is 1. The molecule has 0 saturated carbocycles. The molecule has 0 radical (unpaired) electrons. The highest BCUT2D eigenvalue weighted by Gasteiger charge is 2.23. The van der Waals surface area contributed by atoms with Gasteiger partial charge in [-0.1, -0.05) is 6.92 Å². The largest absolute Gasteiger partial charge is 0.383 e. The molecule has 2 N–H and O–H groups in total. The van der Waals surface area contributed by atoms with Crippen molar-refractivity contribution in [2.24, 2.45) is 5.92 Å². The molecular formula is C12H25N3O2. The summed E-state index contributed by atoms with van der Waals surface area (Å²) in [5, 5.41) is 6.15. The zero-order valence-electron chi connectivity index (χ0n) is 11.2. The van der Waals surface area contributed by atoms with Gasteiger partial charge in [0.1, 0.15) is 0 Å². The van der Waals surface area contributed by atoms with Crippen LogP contribution in [-0.4, -0.2) is 63.8 Å². The van der Waals surface area contributed by atoms with Crippen LogP contribution < -0.4 is 10.6 Å². The summed E-state index contributed by atoms with van der Waals surface area (Å²) in [6, 6.07) is 0.458. The van der Waals surface area contributed by atoms with Crippen molar-refractivity contribution in [3.63, 3.8) is 0 Å². The van der Waals surface area contributed by atoms with Crippen LogP contribution in [-0.2, 0) is 9.53 Å². The molecule has 0 aromatic rings. The molecule has 1 aliphatic heterocycles. The second-order valence-corrected chi connectivity index (χ2v) is 4.86. The molecule has 100 valence electrons. The fraction of sp³-hybridized carbons (Fsp3) is 0.917. The van der Waals surface area contributed by atoms with E-state index in [-0.39, 0.29) is 5.91 Å². The Morgan fingerprint density at radius 2 is 2.29 bits per heavy atom. The summed E-state index contributed by atoms with van der Waals surface area (Å²) in [4.78, 5) is 13.8. The van der Waals surface area contributed by atoms with Crippen LogP contribution in [0.1, 0.15) is 13.3 Å². The molecule has 1 heterocycles. The number of amides is 1. The van der Waals surface area contributed by atoms with Gasteiger partial charge in [0.2, 0.25) is 5.91 Å². The van der Waals surface area contributed by atoms with Crippen molar-refractivity contribution >= 4 is 5.91 Å². The number of piperidine rings is 1. The zero-order valence-corrected chi connectivity index (χ0v) is 11.2. The number of nitrogens with one attached hydrogen (secondary N) is 2. The Labute approximate surface area is 104 Å². The molecule has 0 aromatic carbocycles. The van der Waals surface area contributed by atoms with E-state index in [4.69, 9.17) is 4.74 Å². The second-order valence-electron chi connectivity index (χ2n) is 4.86. The Balaban J connectivity index is 2.14. The normalized spacial score (nSPS) is 25.8. The van der Waals surface area contributed by atoms with Gasteiger partial charge in [0.05, 0.1) is 13.2 Å². The fourth-order valence-electron chi connectivity index (χ4n) is 2.24. The summed E-state index contributed by atoms with van der Waals surface area (Å²) in [5.41, 5.74) is 0. The first-order valence-electron chi connectivity index (χ1n) is 6.31. The highest BCUT2D eigenvalue weighted by atomic mass is 16.5. The molecule has 1 amide bonds. The molecule has 0 bridgehead atoms. The molecule has 1 aliphatic rings. The van der Waals surface area contributed by atoms with Gasteiger partial charge in [0.15, 0.2) is 0 Å². The molecule has 5 heteroatoms. The van der Waals surface area contributed by atoms with Crippen molar-refractivity contribution < 1.29 is 9.53 Å². The van der Waals surface area contributed by atoms with Crippen LogP contribution in [0.25, 0.3) is 0 Å². The molecule has 1 rings (SSSR count). The van der Waals surface area contributed by atoms with Crippen LogP contribution in [0, 0.1) is 5.92 Å². The van der Waals surface area contributed by atoms with Gasteiger partial charge in [0, 0.05) is 26.2 Å². The average Bonchev–Trinajstić information content (AvgIpc) is 2.28. The third-order valence-corrected chi connectivity index (χ3v) is 3.26. The molecule has 5 nitrogen and oxygen atoms in total. The minimum atomic E-state index is 0.0492. The van der Waals surface area contributed by atoms with Gasteiger partial charge in [-0.2, -0.15) is 0 Å². The Morgan fingerprint density at radius 1 is 1.53 bits per heavy atom. The minimum Gasteiger partial charge on any atom is -0.383 e. The van der Waals surface area contributed by atoms with E-state index in [1.807, 2.05) is 0 Å². The van der Waals surface area contributed by atoms with Crippen LogP contribution in [0.2, 0.25) is 0 Å². The van der Waals surface area contributed by atoms with Crippen molar-refractivity contribution in [3.05, 3.63) is 0 Å². The maximum Gasteiger partial charge on any atom is 0.234 e. The second kappa shape index (κ2) is 7.63. The SMILES string of the molecule is COCCNC(=O)CNC1CCN(C)CC1C. The van der Waals surface area contributed by atoms with Crippen LogP contribution in [0.3, 0.4) is 0 Å². The summed E-state index contributed by atoms with van der Waals surface area (Å²) in [6.45, 7) is 5.99. The topological polar surface area (TPSA) is 53.6 Å². The lowest BCUT2D eigenvalue weighted by Crippen LogP contribution is -2.49. The summed E-state index contributed by atoms with van der Waals surface area (Å²) >= 11 is 0. The van der Waals surface area contributed by atoms with E-state index in [0.29, 0.717) is 31.7 Å². The van der Waals surface area contributed by atoms with E-state index in [1.165, 1.54) is 0 Å². The fourth-order valence-corrected chi connectivity index (χ4v) is 2.24. The summed E-state index contributed by atoms with van der Waals surface area (Å²) < 4.78 is 4.87. The van der Waals surface area contributed by atoms with Gasteiger partial charge in [-0.15, -0.1) is 0 Å². The number of nitrogens with zero attached hydrogens (tertiary/aromatic N) is 1. The van der Waals surface area contributed by atoms with Crippen molar-refractivity contribution in [1.82, 2.24) is 15.5 Å². The molecule has 2 unspecified atom stereocenters. The van der Waals surface area contributed by atoms with Crippen molar-refractivity contribution in [2.75, 3.05) is 46.9 Å². The molecule has 17 heavy (non-hydrogen) atoms. The Kier molecular flexibility index (Phi) is 6.47. The standard InChI is InChI=1S/C12H25N3O2/c1-10-9-15(2)6-4-11(10)14-8-12(16)13-5-7-17-3/h10-11,14H,4-9H2,1-3H3,(H,13,16).